The lowest BCUT2D eigenvalue weighted by molar-refractivity contribution is 0.641. The maximum absolute atomic E-state index is 6.23. The van der Waals surface area contributed by atoms with Crippen LogP contribution in [0.2, 0.25) is 5.02 Å². The van der Waals surface area contributed by atoms with Gasteiger partial charge in [0.15, 0.2) is 0 Å². The summed E-state index contributed by atoms with van der Waals surface area (Å²) in [6.07, 6.45) is 1.15. The summed E-state index contributed by atoms with van der Waals surface area (Å²) in [5, 5.41) is 2.04. The molecular weight excluding hydrogens is 218 g/mol. The third kappa shape index (κ3) is 1.84. The lowest BCUT2D eigenvalue weighted by Crippen LogP contribution is -2.03. The van der Waals surface area contributed by atoms with Crippen molar-refractivity contribution >= 4 is 22.5 Å². The molecule has 16 heavy (non-hydrogen) atoms. The van der Waals surface area contributed by atoms with Crippen LogP contribution in [0.1, 0.15) is 38.8 Å². The first-order valence-corrected chi connectivity index (χ1v) is 6.30. The average molecular weight is 236 g/mol. The van der Waals surface area contributed by atoms with E-state index in [1.165, 1.54) is 16.6 Å². The second kappa shape index (κ2) is 4.50. The van der Waals surface area contributed by atoms with Crippen LogP contribution >= 0.6 is 11.6 Å². The number of fused-ring (bicyclic) bond motifs is 1. The first-order chi connectivity index (χ1) is 7.65. The number of hydrogen-bond acceptors (Lipinski definition) is 0. The van der Waals surface area contributed by atoms with Gasteiger partial charge in [0.05, 0.1) is 0 Å². The van der Waals surface area contributed by atoms with Crippen LogP contribution in [0.15, 0.2) is 24.3 Å². The fourth-order valence-electron chi connectivity index (χ4n) is 2.22. The van der Waals surface area contributed by atoms with Crippen molar-refractivity contribution in [1.29, 1.82) is 0 Å². The fraction of sp³-hybridized carbons (Fsp3) is 0.429. The van der Waals surface area contributed by atoms with Gasteiger partial charge in [-0.25, -0.2) is 0 Å². The summed E-state index contributed by atoms with van der Waals surface area (Å²) in [5.74, 6) is 0.537. The molecule has 0 aliphatic heterocycles. The van der Waals surface area contributed by atoms with Crippen LogP contribution in [0.25, 0.3) is 10.9 Å². The third-order valence-electron chi connectivity index (χ3n) is 2.96. The van der Waals surface area contributed by atoms with Gasteiger partial charge in [-0.2, -0.15) is 0 Å². The lowest BCUT2D eigenvalue weighted by Gasteiger charge is -2.11. The van der Waals surface area contributed by atoms with Crippen molar-refractivity contribution < 1.29 is 0 Å². The van der Waals surface area contributed by atoms with Gasteiger partial charge in [0, 0.05) is 28.2 Å². The van der Waals surface area contributed by atoms with Gasteiger partial charge in [-0.3, -0.25) is 0 Å². The highest BCUT2D eigenvalue weighted by Crippen LogP contribution is 2.30. The SMILES string of the molecule is CCCn1c(C(C)C)cc2c(Cl)cccc21. The summed E-state index contributed by atoms with van der Waals surface area (Å²) in [6, 6.07) is 8.38. The van der Waals surface area contributed by atoms with Crippen molar-refractivity contribution in [3.8, 4) is 0 Å². The molecule has 1 nitrogen and oxygen atoms in total. The molecule has 0 saturated carbocycles. The molecular formula is C14H18ClN. The topological polar surface area (TPSA) is 4.93 Å². The zero-order valence-corrected chi connectivity index (χ0v) is 10.9. The van der Waals surface area contributed by atoms with Crippen molar-refractivity contribution in [2.24, 2.45) is 0 Å². The van der Waals surface area contributed by atoms with Crippen molar-refractivity contribution in [3.63, 3.8) is 0 Å². The summed E-state index contributed by atoms with van der Waals surface area (Å²) in [4.78, 5) is 0. The van der Waals surface area contributed by atoms with Crippen LogP contribution in [0, 0.1) is 0 Å². The molecule has 86 valence electrons. The highest BCUT2D eigenvalue weighted by atomic mass is 35.5. The molecule has 0 aliphatic carbocycles. The number of aryl methyl sites for hydroxylation is 1. The second-order valence-corrected chi connectivity index (χ2v) is 4.96. The van der Waals surface area contributed by atoms with Gasteiger partial charge in [-0.15, -0.1) is 0 Å². The molecule has 0 radical (unpaired) electrons. The maximum Gasteiger partial charge on any atom is 0.0499 e. The first kappa shape index (κ1) is 11.5. The van der Waals surface area contributed by atoms with Crippen LogP contribution in [0.5, 0.6) is 0 Å². The molecule has 1 aromatic carbocycles. The Kier molecular flexibility index (Phi) is 3.25. The predicted molar refractivity (Wildman–Crippen MR) is 71.3 cm³/mol. The Morgan fingerprint density at radius 1 is 1.31 bits per heavy atom. The van der Waals surface area contributed by atoms with Gasteiger partial charge in [-0.1, -0.05) is 38.4 Å². The van der Waals surface area contributed by atoms with Crippen molar-refractivity contribution in [1.82, 2.24) is 4.57 Å². The Morgan fingerprint density at radius 2 is 2.06 bits per heavy atom. The van der Waals surface area contributed by atoms with Gasteiger partial charge in [0.2, 0.25) is 0 Å². The molecule has 2 rings (SSSR count). The standard InChI is InChI=1S/C14H18ClN/c1-4-8-16-13-7-5-6-12(15)11(13)9-14(16)10(2)3/h5-7,9-10H,4,8H2,1-3H3. The highest BCUT2D eigenvalue weighted by molar-refractivity contribution is 6.35. The molecule has 0 amide bonds. The number of aromatic nitrogens is 1. The number of benzene rings is 1. The molecule has 2 aromatic rings. The summed E-state index contributed by atoms with van der Waals surface area (Å²) < 4.78 is 2.39. The number of nitrogens with zero attached hydrogens (tertiary/aromatic N) is 1. The number of rotatable bonds is 3. The molecule has 0 aliphatic rings. The van der Waals surface area contributed by atoms with E-state index in [0.717, 1.165) is 18.0 Å². The number of hydrogen-bond donors (Lipinski definition) is 0. The van der Waals surface area contributed by atoms with Crippen LogP contribution in [0.4, 0.5) is 0 Å². The van der Waals surface area contributed by atoms with Crippen molar-refractivity contribution in [3.05, 3.63) is 35.0 Å². The molecule has 0 saturated heterocycles. The minimum atomic E-state index is 0.537. The van der Waals surface area contributed by atoms with E-state index in [4.69, 9.17) is 11.6 Å². The normalized spacial score (nSPS) is 11.6. The van der Waals surface area contributed by atoms with Crippen LogP contribution < -0.4 is 0 Å². The Bertz CT molecular complexity index is 497. The van der Waals surface area contributed by atoms with Crippen molar-refractivity contribution in [2.75, 3.05) is 0 Å². The summed E-state index contributed by atoms with van der Waals surface area (Å²) in [7, 11) is 0. The quantitative estimate of drug-likeness (QED) is 0.718. The van der Waals surface area contributed by atoms with E-state index in [-0.39, 0.29) is 0 Å². The van der Waals surface area contributed by atoms with E-state index in [0.29, 0.717) is 5.92 Å². The number of halogens is 1. The van der Waals surface area contributed by atoms with E-state index >= 15 is 0 Å². The Labute approximate surface area is 102 Å². The highest BCUT2D eigenvalue weighted by Gasteiger charge is 2.12. The van der Waals surface area contributed by atoms with Crippen LogP contribution in [-0.4, -0.2) is 4.57 Å². The molecule has 0 bridgehead atoms. The monoisotopic (exact) mass is 235 g/mol. The average Bonchev–Trinajstić information content (AvgIpc) is 2.60. The van der Waals surface area contributed by atoms with Crippen LogP contribution in [0.3, 0.4) is 0 Å². The van der Waals surface area contributed by atoms with Gasteiger partial charge >= 0.3 is 0 Å². The Morgan fingerprint density at radius 3 is 2.69 bits per heavy atom. The van der Waals surface area contributed by atoms with E-state index in [1.54, 1.807) is 0 Å². The zero-order chi connectivity index (χ0) is 11.7. The van der Waals surface area contributed by atoms with Crippen LogP contribution in [-0.2, 0) is 6.54 Å². The van der Waals surface area contributed by atoms with E-state index in [2.05, 4.69) is 37.5 Å². The van der Waals surface area contributed by atoms with Gasteiger partial charge in [-0.05, 0) is 30.5 Å². The molecule has 1 heterocycles. The molecule has 1 aromatic heterocycles. The Balaban J connectivity index is 2.70. The summed E-state index contributed by atoms with van der Waals surface area (Å²) in [6.45, 7) is 7.74. The van der Waals surface area contributed by atoms with Crippen molar-refractivity contribution in [2.45, 2.75) is 39.7 Å². The molecule has 0 atom stereocenters. The zero-order valence-electron chi connectivity index (χ0n) is 10.1. The lowest BCUT2D eigenvalue weighted by atomic mass is 10.1. The first-order valence-electron chi connectivity index (χ1n) is 5.92. The molecule has 0 fully saturated rings. The van der Waals surface area contributed by atoms with E-state index in [1.807, 2.05) is 12.1 Å². The minimum Gasteiger partial charge on any atom is -0.344 e. The third-order valence-corrected chi connectivity index (χ3v) is 3.29. The largest absolute Gasteiger partial charge is 0.344 e. The van der Waals surface area contributed by atoms with Gasteiger partial charge in [0.1, 0.15) is 0 Å². The molecule has 0 N–H and O–H groups in total. The fourth-order valence-corrected chi connectivity index (χ4v) is 2.44. The molecule has 2 heteroatoms. The Hall–Kier alpha value is -0.950. The molecule has 0 unspecified atom stereocenters. The van der Waals surface area contributed by atoms with Gasteiger partial charge in [0.25, 0.3) is 0 Å². The smallest absolute Gasteiger partial charge is 0.0499 e. The summed E-state index contributed by atoms with van der Waals surface area (Å²) in [5.41, 5.74) is 2.64. The minimum absolute atomic E-state index is 0.537. The maximum atomic E-state index is 6.23. The van der Waals surface area contributed by atoms with E-state index in [9.17, 15) is 0 Å². The second-order valence-electron chi connectivity index (χ2n) is 4.55. The summed E-state index contributed by atoms with van der Waals surface area (Å²) >= 11 is 6.23. The molecule has 0 spiro atoms. The predicted octanol–water partition coefficient (Wildman–Crippen LogP) is 4.83. The van der Waals surface area contributed by atoms with E-state index < -0.39 is 0 Å². The van der Waals surface area contributed by atoms with Gasteiger partial charge < -0.3 is 4.57 Å².